The molecule has 128 valence electrons. The second-order valence-electron chi connectivity index (χ2n) is 6.28. The van der Waals surface area contributed by atoms with Crippen molar-refractivity contribution in [2.24, 2.45) is 0 Å². The van der Waals surface area contributed by atoms with E-state index in [4.69, 9.17) is 0 Å². The normalized spacial score (nSPS) is 15.2. The standard InChI is InChI=1S/C18H17N3O3S/c1-10(11-3-2-6-19-8-11)21(12-4-5-12)17(22)14-7-15-16(20-14)13(9-25-15)18(23)24/h2-3,6-10,12,20H,4-5H2,1H3,(H,23,24). The third kappa shape index (κ3) is 2.80. The Morgan fingerprint density at radius 2 is 2.24 bits per heavy atom. The molecule has 4 rings (SSSR count). The Balaban J connectivity index is 1.68. The Bertz CT molecular complexity index is 943. The molecule has 0 saturated heterocycles. The van der Waals surface area contributed by atoms with Gasteiger partial charge < -0.3 is 15.0 Å². The van der Waals surface area contributed by atoms with Crippen LogP contribution >= 0.6 is 11.3 Å². The summed E-state index contributed by atoms with van der Waals surface area (Å²) in [5, 5.41) is 10.8. The van der Waals surface area contributed by atoms with Gasteiger partial charge in [-0.15, -0.1) is 11.3 Å². The topological polar surface area (TPSA) is 86.3 Å². The molecular formula is C18H17N3O3S. The number of aromatic amines is 1. The highest BCUT2D eigenvalue weighted by Gasteiger charge is 2.37. The molecule has 25 heavy (non-hydrogen) atoms. The first-order valence-electron chi connectivity index (χ1n) is 8.12. The lowest BCUT2D eigenvalue weighted by atomic mass is 10.1. The van der Waals surface area contributed by atoms with Crippen LogP contribution < -0.4 is 0 Å². The number of carbonyl (C=O) groups excluding carboxylic acids is 1. The molecule has 1 aliphatic carbocycles. The van der Waals surface area contributed by atoms with E-state index in [2.05, 4.69) is 9.97 Å². The van der Waals surface area contributed by atoms with Gasteiger partial charge in [-0.05, 0) is 37.5 Å². The number of nitrogens with zero attached hydrogens (tertiary/aromatic N) is 2. The van der Waals surface area contributed by atoms with Gasteiger partial charge in [0.1, 0.15) is 5.69 Å². The van der Waals surface area contributed by atoms with Crippen LogP contribution in [-0.4, -0.2) is 37.9 Å². The van der Waals surface area contributed by atoms with Crippen LogP contribution in [0, 0.1) is 0 Å². The summed E-state index contributed by atoms with van der Waals surface area (Å²) in [5.41, 5.74) is 2.15. The lowest BCUT2D eigenvalue weighted by Gasteiger charge is -2.29. The molecule has 3 aromatic rings. The number of nitrogens with one attached hydrogen (secondary N) is 1. The van der Waals surface area contributed by atoms with Crippen LogP contribution in [0.15, 0.2) is 36.0 Å². The number of H-pyrrole nitrogens is 1. The monoisotopic (exact) mass is 355 g/mol. The van der Waals surface area contributed by atoms with Crippen LogP contribution in [0.25, 0.3) is 10.2 Å². The van der Waals surface area contributed by atoms with Gasteiger partial charge in [-0.3, -0.25) is 9.78 Å². The Morgan fingerprint density at radius 3 is 2.88 bits per heavy atom. The molecule has 0 aliphatic heterocycles. The predicted molar refractivity (Wildman–Crippen MR) is 95.0 cm³/mol. The van der Waals surface area contributed by atoms with Gasteiger partial charge >= 0.3 is 5.97 Å². The minimum absolute atomic E-state index is 0.0889. The van der Waals surface area contributed by atoms with Crippen LogP contribution in [0.3, 0.4) is 0 Å². The van der Waals surface area contributed by atoms with Gasteiger partial charge in [-0.2, -0.15) is 0 Å². The largest absolute Gasteiger partial charge is 0.478 e. The molecule has 1 atom stereocenters. The number of carboxylic acid groups (broad SMARTS) is 1. The van der Waals surface area contributed by atoms with Gasteiger partial charge in [0.15, 0.2) is 0 Å². The number of amides is 1. The van der Waals surface area contributed by atoms with Gasteiger partial charge in [0.05, 0.1) is 21.8 Å². The van der Waals surface area contributed by atoms with E-state index in [9.17, 15) is 14.7 Å². The van der Waals surface area contributed by atoms with Crippen molar-refractivity contribution in [1.82, 2.24) is 14.9 Å². The van der Waals surface area contributed by atoms with Crippen molar-refractivity contribution < 1.29 is 14.7 Å². The maximum Gasteiger partial charge on any atom is 0.338 e. The number of thiophene rings is 1. The van der Waals surface area contributed by atoms with Crippen LogP contribution in [0.4, 0.5) is 0 Å². The summed E-state index contributed by atoms with van der Waals surface area (Å²) in [5.74, 6) is -1.09. The Morgan fingerprint density at radius 1 is 1.44 bits per heavy atom. The first-order chi connectivity index (χ1) is 12.1. The smallest absolute Gasteiger partial charge is 0.338 e. The van der Waals surface area contributed by atoms with E-state index in [1.807, 2.05) is 24.0 Å². The van der Waals surface area contributed by atoms with Crippen LogP contribution in [0.5, 0.6) is 0 Å². The Hall–Kier alpha value is -2.67. The van der Waals surface area contributed by atoms with Crippen molar-refractivity contribution in [2.75, 3.05) is 0 Å². The first-order valence-corrected chi connectivity index (χ1v) is 9.00. The summed E-state index contributed by atoms with van der Waals surface area (Å²) in [6.45, 7) is 2.00. The van der Waals surface area contributed by atoms with Crippen molar-refractivity contribution in [3.05, 3.63) is 52.8 Å². The molecule has 1 saturated carbocycles. The predicted octanol–water partition coefficient (Wildman–Crippen LogP) is 3.69. The van der Waals surface area contributed by atoms with Crippen molar-refractivity contribution in [3.63, 3.8) is 0 Å². The van der Waals surface area contributed by atoms with Gasteiger partial charge in [0, 0.05) is 23.8 Å². The quantitative estimate of drug-likeness (QED) is 0.731. The zero-order valence-electron chi connectivity index (χ0n) is 13.6. The van der Waals surface area contributed by atoms with E-state index in [1.54, 1.807) is 23.8 Å². The molecule has 6 nitrogen and oxygen atoms in total. The second kappa shape index (κ2) is 6.00. The number of carboxylic acids is 1. The number of hydrogen-bond donors (Lipinski definition) is 2. The van der Waals surface area contributed by atoms with Crippen molar-refractivity contribution in [2.45, 2.75) is 31.8 Å². The van der Waals surface area contributed by atoms with Gasteiger partial charge in [-0.1, -0.05) is 6.07 Å². The minimum atomic E-state index is -0.991. The molecule has 1 fully saturated rings. The fraction of sp³-hybridized carbons (Fsp3) is 0.278. The fourth-order valence-electron chi connectivity index (χ4n) is 3.12. The number of fused-ring (bicyclic) bond motifs is 1. The van der Waals surface area contributed by atoms with Crippen LogP contribution in [0.1, 0.15) is 52.2 Å². The lowest BCUT2D eigenvalue weighted by molar-refractivity contribution is 0.0664. The van der Waals surface area contributed by atoms with Gasteiger partial charge in [-0.25, -0.2) is 4.79 Å². The molecule has 7 heteroatoms. The summed E-state index contributed by atoms with van der Waals surface area (Å²) in [7, 11) is 0. The van der Waals surface area contributed by atoms with E-state index in [1.165, 1.54) is 11.3 Å². The fourth-order valence-corrected chi connectivity index (χ4v) is 4.04. The molecule has 0 aromatic carbocycles. The summed E-state index contributed by atoms with van der Waals surface area (Å²) in [6.07, 6.45) is 5.48. The SMILES string of the molecule is CC(c1cccnc1)N(C(=O)c1cc2scc(C(=O)O)c2[nH]1)C1CC1. The Labute approximate surface area is 148 Å². The molecule has 3 aromatic heterocycles. The average molecular weight is 355 g/mol. The van der Waals surface area contributed by atoms with Crippen molar-refractivity contribution in [1.29, 1.82) is 0 Å². The minimum Gasteiger partial charge on any atom is -0.478 e. The highest BCUT2D eigenvalue weighted by molar-refractivity contribution is 7.17. The van der Waals surface area contributed by atoms with E-state index in [0.29, 0.717) is 11.2 Å². The number of aromatic carboxylic acids is 1. The summed E-state index contributed by atoms with van der Waals surface area (Å²) >= 11 is 1.33. The van der Waals surface area contributed by atoms with Crippen molar-refractivity contribution in [3.8, 4) is 0 Å². The molecule has 3 heterocycles. The third-order valence-corrected chi connectivity index (χ3v) is 5.50. The molecule has 1 aliphatic rings. The lowest BCUT2D eigenvalue weighted by Crippen LogP contribution is -2.35. The maximum atomic E-state index is 13.1. The molecule has 1 amide bonds. The highest BCUT2D eigenvalue weighted by atomic mass is 32.1. The zero-order valence-corrected chi connectivity index (χ0v) is 14.4. The first kappa shape index (κ1) is 15.8. The van der Waals surface area contributed by atoms with Gasteiger partial charge in [0.25, 0.3) is 5.91 Å². The van der Waals surface area contributed by atoms with Crippen molar-refractivity contribution >= 4 is 33.4 Å². The zero-order chi connectivity index (χ0) is 17.6. The molecule has 1 unspecified atom stereocenters. The molecule has 0 bridgehead atoms. The number of rotatable bonds is 5. The number of pyridine rings is 1. The molecule has 2 N–H and O–H groups in total. The van der Waals surface area contributed by atoms with E-state index < -0.39 is 5.97 Å². The average Bonchev–Trinajstić information content (AvgIpc) is 3.21. The van der Waals surface area contributed by atoms with Gasteiger partial charge in [0.2, 0.25) is 0 Å². The molecular weight excluding hydrogens is 338 g/mol. The summed E-state index contributed by atoms with van der Waals surface area (Å²) < 4.78 is 0.783. The molecule has 0 spiro atoms. The van der Waals surface area contributed by atoms with E-state index in [0.717, 1.165) is 23.1 Å². The number of carbonyl (C=O) groups is 2. The number of aromatic nitrogens is 2. The second-order valence-corrected chi connectivity index (χ2v) is 7.19. The molecule has 0 radical (unpaired) electrons. The van der Waals surface area contributed by atoms with E-state index >= 15 is 0 Å². The third-order valence-electron chi connectivity index (χ3n) is 4.57. The summed E-state index contributed by atoms with van der Waals surface area (Å²) in [4.78, 5) is 33.5. The highest BCUT2D eigenvalue weighted by Crippen LogP contribution is 2.36. The number of hydrogen-bond acceptors (Lipinski definition) is 4. The van der Waals surface area contributed by atoms with Crippen LogP contribution in [0.2, 0.25) is 0 Å². The maximum absolute atomic E-state index is 13.1. The van der Waals surface area contributed by atoms with Crippen LogP contribution in [-0.2, 0) is 0 Å². The summed E-state index contributed by atoms with van der Waals surface area (Å²) in [6, 6.07) is 5.72. The van der Waals surface area contributed by atoms with E-state index in [-0.39, 0.29) is 23.6 Å². The Kier molecular flexibility index (Phi) is 3.80.